The maximum atomic E-state index is 11.3. The van der Waals surface area contributed by atoms with E-state index < -0.39 is 0 Å². The molecular weight excluding hydrogens is 222 g/mol. The number of hydrogen-bond acceptors (Lipinski definition) is 4. The molecule has 3 N–H and O–H groups in total. The Morgan fingerprint density at radius 3 is 2.94 bits per heavy atom. The number of imidazole rings is 1. The first kappa shape index (κ1) is 10.8. The molecule has 5 heteroatoms. The fourth-order valence-corrected chi connectivity index (χ4v) is 2.10. The summed E-state index contributed by atoms with van der Waals surface area (Å²) in [5.74, 6) is -0.0283. The van der Waals surface area contributed by atoms with Crippen LogP contribution in [0.1, 0.15) is 17.3 Å². The van der Waals surface area contributed by atoms with Gasteiger partial charge in [0.15, 0.2) is 10.9 Å². The number of Topliss-reactive ketones (excluding diaryl/α,β-unsaturated/α-hetero) is 1. The van der Waals surface area contributed by atoms with Crippen LogP contribution in [0.15, 0.2) is 40.6 Å². The third kappa shape index (κ3) is 2.25. The lowest BCUT2D eigenvalue weighted by Crippen LogP contribution is -1.99. The second-order valence-electron chi connectivity index (χ2n) is 3.30. The number of anilines is 1. The maximum absolute atomic E-state index is 11.3. The van der Waals surface area contributed by atoms with Gasteiger partial charge in [-0.1, -0.05) is 11.8 Å². The number of carbonyl (C=O) groups excluding carboxylic acids is 1. The molecule has 0 saturated heterocycles. The van der Waals surface area contributed by atoms with Gasteiger partial charge in [0.25, 0.3) is 0 Å². The first-order chi connectivity index (χ1) is 7.66. The van der Waals surface area contributed by atoms with Crippen molar-refractivity contribution in [1.82, 2.24) is 9.97 Å². The van der Waals surface area contributed by atoms with E-state index in [1.807, 2.05) is 6.07 Å². The van der Waals surface area contributed by atoms with Crippen molar-refractivity contribution in [3.05, 3.63) is 36.2 Å². The molecule has 0 radical (unpaired) electrons. The zero-order chi connectivity index (χ0) is 11.5. The number of nitrogen functional groups attached to an aromatic ring is 1. The molecule has 2 rings (SSSR count). The molecule has 0 atom stereocenters. The van der Waals surface area contributed by atoms with Gasteiger partial charge in [-0.25, -0.2) is 4.98 Å². The van der Waals surface area contributed by atoms with Crippen LogP contribution >= 0.6 is 11.8 Å². The van der Waals surface area contributed by atoms with E-state index in [0.717, 1.165) is 10.1 Å². The van der Waals surface area contributed by atoms with Crippen LogP contribution in [0.25, 0.3) is 0 Å². The van der Waals surface area contributed by atoms with Crippen molar-refractivity contribution in [2.24, 2.45) is 0 Å². The molecule has 2 aromatic rings. The van der Waals surface area contributed by atoms with E-state index in [0.29, 0.717) is 11.3 Å². The number of aromatic nitrogens is 2. The van der Waals surface area contributed by atoms with Crippen LogP contribution in [0.5, 0.6) is 0 Å². The van der Waals surface area contributed by atoms with Crippen molar-refractivity contribution in [3.8, 4) is 0 Å². The number of hydrogen-bond donors (Lipinski definition) is 2. The van der Waals surface area contributed by atoms with Crippen molar-refractivity contribution in [3.63, 3.8) is 0 Å². The number of ketones is 1. The Kier molecular flexibility index (Phi) is 2.96. The third-order valence-electron chi connectivity index (χ3n) is 2.09. The Bertz CT molecular complexity index is 508. The van der Waals surface area contributed by atoms with Crippen LogP contribution in [-0.2, 0) is 0 Å². The van der Waals surface area contributed by atoms with Crippen LogP contribution in [0.4, 0.5) is 5.69 Å². The van der Waals surface area contributed by atoms with Crippen molar-refractivity contribution in [2.45, 2.75) is 17.0 Å². The number of nitrogens with one attached hydrogen (secondary N) is 1. The topological polar surface area (TPSA) is 71.8 Å². The standard InChI is InChI=1S/C11H11N3OS/c1-7(15)9-6-8(2-3-10(9)12)16-11-13-4-5-14-11/h2-6H,12H2,1H3,(H,13,14). The number of rotatable bonds is 3. The molecule has 0 fully saturated rings. The summed E-state index contributed by atoms with van der Waals surface area (Å²) < 4.78 is 0. The summed E-state index contributed by atoms with van der Waals surface area (Å²) in [6.07, 6.45) is 3.44. The second kappa shape index (κ2) is 4.40. The third-order valence-corrected chi connectivity index (χ3v) is 3.00. The molecule has 0 spiro atoms. The average Bonchev–Trinajstić information content (AvgIpc) is 2.73. The van der Waals surface area contributed by atoms with E-state index in [4.69, 9.17) is 5.73 Å². The zero-order valence-electron chi connectivity index (χ0n) is 8.73. The van der Waals surface area contributed by atoms with Gasteiger partial charge in [-0.3, -0.25) is 4.79 Å². The van der Waals surface area contributed by atoms with E-state index in [1.54, 1.807) is 24.5 Å². The summed E-state index contributed by atoms with van der Waals surface area (Å²) in [6, 6.07) is 5.39. The van der Waals surface area contributed by atoms with Crippen molar-refractivity contribution in [1.29, 1.82) is 0 Å². The molecule has 82 valence electrons. The monoisotopic (exact) mass is 233 g/mol. The molecule has 0 aliphatic carbocycles. The molecule has 0 aliphatic heterocycles. The normalized spacial score (nSPS) is 10.3. The Balaban J connectivity index is 2.29. The average molecular weight is 233 g/mol. The van der Waals surface area contributed by atoms with Gasteiger partial charge in [0.2, 0.25) is 0 Å². The van der Waals surface area contributed by atoms with Crippen LogP contribution in [0, 0.1) is 0 Å². The van der Waals surface area contributed by atoms with Crippen molar-refractivity contribution >= 4 is 23.2 Å². The quantitative estimate of drug-likeness (QED) is 0.630. The van der Waals surface area contributed by atoms with Gasteiger partial charge in [-0.2, -0.15) is 0 Å². The molecule has 1 aromatic heterocycles. The number of nitrogens with two attached hydrogens (primary N) is 1. The lowest BCUT2D eigenvalue weighted by molar-refractivity contribution is 0.101. The number of H-pyrrole nitrogens is 1. The van der Waals surface area contributed by atoms with Crippen LogP contribution in [0.2, 0.25) is 0 Å². The minimum Gasteiger partial charge on any atom is -0.398 e. The first-order valence-corrected chi connectivity index (χ1v) is 5.56. The van der Waals surface area contributed by atoms with E-state index in [9.17, 15) is 4.79 Å². The highest BCUT2D eigenvalue weighted by Gasteiger charge is 2.07. The largest absolute Gasteiger partial charge is 0.398 e. The minimum atomic E-state index is -0.0283. The van der Waals surface area contributed by atoms with Crippen LogP contribution in [0.3, 0.4) is 0 Å². The lowest BCUT2D eigenvalue weighted by atomic mass is 10.1. The second-order valence-corrected chi connectivity index (χ2v) is 4.36. The number of benzene rings is 1. The predicted octanol–water partition coefficient (Wildman–Crippen LogP) is 2.35. The molecule has 0 amide bonds. The number of carbonyl (C=O) groups is 1. The van der Waals surface area contributed by atoms with E-state index >= 15 is 0 Å². The van der Waals surface area contributed by atoms with Crippen LogP contribution < -0.4 is 5.73 Å². The summed E-state index contributed by atoms with van der Waals surface area (Å²) >= 11 is 1.46. The Morgan fingerprint density at radius 1 is 1.50 bits per heavy atom. The highest BCUT2D eigenvalue weighted by Crippen LogP contribution is 2.27. The van der Waals surface area contributed by atoms with Crippen molar-refractivity contribution < 1.29 is 4.79 Å². The van der Waals surface area contributed by atoms with Gasteiger partial charge in [0, 0.05) is 28.5 Å². The van der Waals surface area contributed by atoms with Crippen LogP contribution in [-0.4, -0.2) is 15.8 Å². The molecule has 16 heavy (non-hydrogen) atoms. The predicted molar refractivity (Wildman–Crippen MR) is 63.6 cm³/mol. The van der Waals surface area contributed by atoms with Gasteiger partial charge in [-0.05, 0) is 25.1 Å². The maximum Gasteiger partial charge on any atom is 0.170 e. The van der Waals surface area contributed by atoms with Gasteiger partial charge in [0.05, 0.1) is 0 Å². The SMILES string of the molecule is CC(=O)c1cc(Sc2ncc[nH]2)ccc1N. The Labute approximate surface area is 97.3 Å². The fourth-order valence-electron chi connectivity index (χ4n) is 1.32. The molecule has 0 bridgehead atoms. The lowest BCUT2D eigenvalue weighted by Gasteiger charge is -2.04. The molecule has 0 saturated carbocycles. The highest BCUT2D eigenvalue weighted by atomic mass is 32.2. The van der Waals surface area contributed by atoms with E-state index in [1.165, 1.54) is 18.7 Å². The summed E-state index contributed by atoms with van der Waals surface area (Å²) in [4.78, 5) is 19.3. The number of aromatic amines is 1. The summed E-state index contributed by atoms with van der Waals surface area (Å²) in [5, 5.41) is 0.791. The van der Waals surface area contributed by atoms with Crippen molar-refractivity contribution in [2.75, 3.05) is 5.73 Å². The van der Waals surface area contributed by atoms with Gasteiger partial charge in [-0.15, -0.1) is 0 Å². The molecule has 0 aliphatic rings. The molecule has 1 heterocycles. The fraction of sp³-hybridized carbons (Fsp3) is 0.0909. The van der Waals surface area contributed by atoms with Gasteiger partial charge >= 0.3 is 0 Å². The number of nitrogens with zero attached hydrogens (tertiary/aromatic N) is 1. The minimum absolute atomic E-state index is 0.0283. The van der Waals surface area contributed by atoms with Gasteiger partial charge in [0.1, 0.15) is 0 Å². The first-order valence-electron chi connectivity index (χ1n) is 4.74. The smallest absolute Gasteiger partial charge is 0.170 e. The van der Waals surface area contributed by atoms with Gasteiger partial charge < -0.3 is 10.7 Å². The Morgan fingerprint density at radius 2 is 2.31 bits per heavy atom. The summed E-state index contributed by atoms with van der Waals surface area (Å²) in [7, 11) is 0. The highest BCUT2D eigenvalue weighted by molar-refractivity contribution is 7.99. The summed E-state index contributed by atoms with van der Waals surface area (Å²) in [5.41, 5.74) is 6.77. The van der Waals surface area contributed by atoms with E-state index in [-0.39, 0.29) is 5.78 Å². The summed E-state index contributed by atoms with van der Waals surface area (Å²) in [6.45, 7) is 1.51. The Hall–Kier alpha value is -1.75. The molecule has 0 unspecified atom stereocenters. The molecule has 1 aromatic carbocycles. The van der Waals surface area contributed by atoms with E-state index in [2.05, 4.69) is 9.97 Å². The molecular formula is C11H11N3OS. The zero-order valence-corrected chi connectivity index (χ0v) is 9.54. The molecule has 4 nitrogen and oxygen atoms in total.